The van der Waals surface area contributed by atoms with Gasteiger partial charge in [-0.25, -0.2) is 13.8 Å². The van der Waals surface area contributed by atoms with Crippen molar-refractivity contribution < 1.29 is 31.1 Å². The Kier molecular flexibility index (Phi) is 3.20. The van der Waals surface area contributed by atoms with E-state index in [-0.39, 0.29) is 12.4 Å². The Morgan fingerprint density at radius 1 is 1.31 bits per heavy atom. The standard InChI is InChI=1S/C8H3F6NO/c9-6(10)4-1-3(2-16)5(8(12,13)14)15-7(4)11/h1-2,6H. The summed E-state index contributed by atoms with van der Waals surface area (Å²) in [5.74, 6) is -1.94. The lowest BCUT2D eigenvalue weighted by atomic mass is 10.1. The van der Waals surface area contributed by atoms with E-state index in [0.717, 1.165) is 0 Å². The van der Waals surface area contributed by atoms with Gasteiger partial charge in [-0.15, -0.1) is 0 Å². The molecule has 88 valence electrons. The fourth-order valence-corrected chi connectivity index (χ4v) is 0.993. The summed E-state index contributed by atoms with van der Waals surface area (Å²) in [5.41, 5.74) is -4.27. The molecule has 1 aromatic heterocycles. The molecule has 0 unspecified atom stereocenters. The van der Waals surface area contributed by atoms with E-state index in [1.807, 2.05) is 0 Å². The molecule has 0 aliphatic carbocycles. The van der Waals surface area contributed by atoms with Gasteiger partial charge in [-0.2, -0.15) is 17.6 Å². The van der Waals surface area contributed by atoms with Crippen LogP contribution in [0.3, 0.4) is 0 Å². The van der Waals surface area contributed by atoms with Gasteiger partial charge in [-0.05, 0) is 6.07 Å². The second kappa shape index (κ2) is 4.11. The number of halogens is 6. The molecule has 0 fully saturated rings. The molecule has 0 spiro atoms. The van der Waals surface area contributed by atoms with E-state index in [9.17, 15) is 31.1 Å². The van der Waals surface area contributed by atoms with Crippen LogP contribution >= 0.6 is 0 Å². The van der Waals surface area contributed by atoms with Gasteiger partial charge in [0.05, 0.1) is 5.56 Å². The molecular weight excluding hydrogens is 240 g/mol. The smallest absolute Gasteiger partial charge is 0.298 e. The maximum atomic E-state index is 12.7. The first-order valence-corrected chi connectivity index (χ1v) is 3.78. The van der Waals surface area contributed by atoms with E-state index in [0.29, 0.717) is 0 Å². The number of rotatable bonds is 2. The van der Waals surface area contributed by atoms with Gasteiger partial charge < -0.3 is 0 Å². The van der Waals surface area contributed by atoms with Gasteiger partial charge in [0, 0.05) is 5.56 Å². The lowest BCUT2D eigenvalue weighted by Crippen LogP contribution is -2.14. The number of hydrogen-bond donors (Lipinski definition) is 0. The van der Waals surface area contributed by atoms with Gasteiger partial charge in [-0.1, -0.05) is 0 Å². The predicted octanol–water partition coefficient (Wildman–Crippen LogP) is 2.99. The number of alkyl halides is 5. The third kappa shape index (κ3) is 2.31. The molecule has 8 heteroatoms. The van der Waals surface area contributed by atoms with Gasteiger partial charge in [0.15, 0.2) is 12.0 Å². The third-order valence-electron chi connectivity index (χ3n) is 1.66. The van der Waals surface area contributed by atoms with Crippen LogP contribution in [-0.2, 0) is 6.18 Å². The van der Waals surface area contributed by atoms with Crippen LogP contribution in [0.4, 0.5) is 26.3 Å². The second-order valence-electron chi connectivity index (χ2n) is 2.72. The zero-order chi connectivity index (χ0) is 12.5. The van der Waals surface area contributed by atoms with Gasteiger partial charge in [0.1, 0.15) is 0 Å². The number of aldehydes is 1. The van der Waals surface area contributed by atoms with E-state index in [4.69, 9.17) is 0 Å². The fraction of sp³-hybridized carbons (Fsp3) is 0.250. The number of pyridine rings is 1. The van der Waals surface area contributed by atoms with E-state index in [1.54, 1.807) is 0 Å². The summed E-state index contributed by atoms with van der Waals surface area (Å²) >= 11 is 0. The molecule has 0 bridgehead atoms. The minimum absolute atomic E-state index is 0.142. The summed E-state index contributed by atoms with van der Waals surface area (Å²) < 4.78 is 73.4. The quantitative estimate of drug-likeness (QED) is 0.454. The van der Waals surface area contributed by atoms with Crippen LogP contribution in [0, 0.1) is 5.95 Å². The Morgan fingerprint density at radius 2 is 1.88 bits per heavy atom. The summed E-state index contributed by atoms with van der Waals surface area (Å²) in [6.45, 7) is 0. The maximum absolute atomic E-state index is 12.7. The first kappa shape index (κ1) is 12.5. The predicted molar refractivity (Wildman–Crippen MR) is 39.5 cm³/mol. The van der Waals surface area contributed by atoms with Gasteiger partial charge in [-0.3, -0.25) is 4.79 Å². The Bertz CT molecular complexity index is 414. The zero-order valence-electron chi connectivity index (χ0n) is 7.36. The number of hydrogen-bond acceptors (Lipinski definition) is 2. The highest BCUT2D eigenvalue weighted by atomic mass is 19.4. The van der Waals surface area contributed by atoms with Crippen LogP contribution in [0.1, 0.15) is 28.0 Å². The molecule has 0 aliphatic heterocycles. The summed E-state index contributed by atoms with van der Waals surface area (Å²) in [6.07, 6.45) is -8.72. The fourth-order valence-electron chi connectivity index (χ4n) is 0.993. The molecule has 0 aliphatic rings. The highest BCUT2D eigenvalue weighted by Crippen LogP contribution is 2.32. The Hall–Kier alpha value is -1.60. The minimum atomic E-state index is -5.07. The lowest BCUT2D eigenvalue weighted by molar-refractivity contribution is -0.141. The van der Waals surface area contributed by atoms with E-state index < -0.39 is 35.4 Å². The Morgan fingerprint density at radius 3 is 2.25 bits per heavy atom. The minimum Gasteiger partial charge on any atom is -0.298 e. The van der Waals surface area contributed by atoms with Crippen LogP contribution in [0.15, 0.2) is 6.07 Å². The monoisotopic (exact) mass is 243 g/mol. The van der Waals surface area contributed by atoms with Crippen molar-refractivity contribution in [3.8, 4) is 0 Å². The van der Waals surface area contributed by atoms with Crippen molar-refractivity contribution in [2.45, 2.75) is 12.6 Å². The summed E-state index contributed by atoms with van der Waals surface area (Å²) in [5, 5.41) is 0. The van der Waals surface area contributed by atoms with Crippen molar-refractivity contribution >= 4 is 6.29 Å². The average molecular weight is 243 g/mol. The molecular formula is C8H3F6NO. The van der Waals surface area contributed by atoms with Gasteiger partial charge in [0.2, 0.25) is 5.95 Å². The Balaban J connectivity index is 3.44. The molecule has 1 aromatic rings. The van der Waals surface area contributed by atoms with Crippen molar-refractivity contribution in [2.75, 3.05) is 0 Å². The number of aromatic nitrogens is 1. The van der Waals surface area contributed by atoms with E-state index in [2.05, 4.69) is 4.98 Å². The van der Waals surface area contributed by atoms with Crippen LogP contribution in [0.2, 0.25) is 0 Å². The van der Waals surface area contributed by atoms with Crippen LogP contribution in [0.25, 0.3) is 0 Å². The van der Waals surface area contributed by atoms with Crippen molar-refractivity contribution in [1.29, 1.82) is 0 Å². The topological polar surface area (TPSA) is 30.0 Å². The second-order valence-corrected chi connectivity index (χ2v) is 2.72. The summed E-state index contributed by atoms with van der Waals surface area (Å²) in [6, 6.07) is 0.142. The maximum Gasteiger partial charge on any atom is 0.434 e. The van der Waals surface area contributed by atoms with Gasteiger partial charge >= 0.3 is 6.18 Å². The third-order valence-corrected chi connectivity index (χ3v) is 1.66. The van der Waals surface area contributed by atoms with E-state index >= 15 is 0 Å². The van der Waals surface area contributed by atoms with E-state index in [1.165, 1.54) is 0 Å². The number of nitrogens with zero attached hydrogens (tertiary/aromatic N) is 1. The molecule has 2 nitrogen and oxygen atoms in total. The van der Waals surface area contributed by atoms with Crippen LogP contribution < -0.4 is 0 Å². The number of carbonyl (C=O) groups is 1. The summed E-state index contributed by atoms with van der Waals surface area (Å²) in [4.78, 5) is 12.6. The molecule has 16 heavy (non-hydrogen) atoms. The lowest BCUT2D eigenvalue weighted by Gasteiger charge is -2.10. The number of carbonyl (C=O) groups excluding carboxylic acids is 1. The SMILES string of the molecule is O=Cc1cc(C(F)F)c(F)nc1C(F)(F)F. The average Bonchev–Trinajstić information content (AvgIpc) is 2.15. The molecule has 0 radical (unpaired) electrons. The molecule has 0 N–H and O–H groups in total. The Labute approximate surface area is 84.9 Å². The molecule has 0 amide bonds. The van der Waals surface area contributed by atoms with Crippen molar-refractivity contribution in [3.63, 3.8) is 0 Å². The largest absolute Gasteiger partial charge is 0.434 e. The molecule has 0 atom stereocenters. The normalized spacial score (nSPS) is 11.9. The highest BCUT2D eigenvalue weighted by molar-refractivity contribution is 5.77. The van der Waals surface area contributed by atoms with Crippen LogP contribution in [0.5, 0.6) is 0 Å². The molecule has 1 rings (SSSR count). The zero-order valence-corrected chi connectivity index (χ0v) is 7.36. The molecule has 0 aromatic carbocycles. The first-order chi connectivity index (χ1) is 7.27. The van der Waals surface area contributed by atoms with Crippen LogP contribution in [-0.4, -0.2) is 11.3 Å². The highest BCUT2D eigenvalue weighted by Gasteiger charge is 2.37. The van der Waals surface area contributed by atoms with Crippen molar-refractivity contribution in [1.82, 2.24) is 4.98 Å². The molecule has 0 saturated heterocycles. The first-order valence-electron chi connectivity index (χ1n) is 3.78. The molecule has 0 saturated carbocycles. The summed E-state index contributed by atoms with van der Waals surface area (Å²) in [7, 11) is 0. The molecule has 1 heterocycles. The van der Waals surface area contributed by atoms with Crippen molar-refractivity contribution in [2.24, 2.45) is 0 Å². The van der Waals surface area contributed by atoms with Gasteiger partial charge in [0.25, 0.3) is 6.43 Å². The van der Waals surface area contributed by atoms with Crippen molar-refractivity contribution in [3.05, 3.63) is 28.8 Å².